The van der Waals surface area contributed by atoms with Gasteiger partial charge in [0.15, 0.2) is 0 Å². The van der Waals surface area contributed by atoms with Crippen molar-refractivity contribution < 1.29 is 9.53 Å². The Labute approximate surface area is 86.2 Å². The quantitative estimate of drug-likeness (QED) is 0.555. The minimum atomic E-state index is -0.363. The third-order valence-electron chi connectivity index (χ3n) is 1.43. The lowest BCUT2D eigenvalue weighted by Gasteiger charge is -2.19. The minimum absolute atomic E-state index is 0.240. The van der Waals surface area contributed by atoms with Gasteiger partial charge in [0.05, 0.1) is 6.61 Å². The highest BCUT2D eigenvalue weighted by atomic mass is 16.5. The summed E-state index contributed by atoms with van der Waals surface area (Å²) in [5.41, 5.74) is -0.240. The van der Waals surface area contributed by atoms with Crippen molar-refractivity contribution in [3.63, 3.8) is 0 Å². The Morgan fingerprint density at radius 3 is 2.57 bits per heavy atom. The van der Waals surface area contributed by atoms with Crippen LogP contribution in [0.3, 0.4) is 0 Å². The number of carbonyl (C=O) groups excluding carboxylic acids is 1. The van der Waals surface area contributed by atoms with E-state index < -0.39 is 0 Å². The lowest BCUT2D eigenvalue weighted by atomic mass is 10.1. The van der Waals surface area contributed by atoms with Crippen LogP contribution in [0.5, 0.6) is 0 Å². The lowest BCUT2D eigenvalue weighted by molar-refractivity contribution is 0.136. The first-order valence-corrected chi connectivity index (χ1v) is 4.84. The zero-order chi connectivity index (χ0) is 11.0. The number of amides is 1. The van der Waals surface area contributed by atoms with Gasteiger partial charge >= 0.3 is 6.09 Å². The fourth-order valence-corrected chi connectivity index (χ4v) is 0.836. The van der Waals surface area contributed by atoms with E-state index in [2.05, 4.69) is 11.2 Å². The Morgan fingerprint density at radius 1 is 1.43 bits per heavy atom. The molecule has 0 radical (unpaired) electrons. The maximum Gasteiger partial charge on any atom is 0.407 e. The fraction of sp³-hybridized carbons (Fsp3) is 0.727. The summed E-state index contributed by atoms with van der Waals surface area (Å²) >= 11 is 0. The van der Waals surface area contributed by atoms with Crippen LogP contribution in [0.2, 0.25) is 0 Å². The molecule has 0 heterocycles. The molecule has 80 valence electrons. The van der Waals surface area contributed by atoms with Crippen molar-refractivity contribution in [3.8, 4) is 12.3 Å². The van der Waals surface area contributed by atoms with Gasteiger partial charge in [0.25, 0.3) is 0 Å². The highest BCUT2D eigenvalue weighted by molar-refractivity contribution is 5.67. The van der Waals surface area contributed by atoms with Crippen LogP contribution in [-0.4, -0.2) is 18.2 Å². The van der Waals surface area contributed by atoms with Gasteiger partial charge in [0.2, 0.25) is 0 Å². The molecular formula is C11H19NO2. The molecule has 1 N–H and O–H groups in total. The number of terminal acetylenes is 1. The van der Waals surface area contributed by atoms with Gasteiger partial charge in [-0.3, -0.25) is 0 Å². The molecule has 0 aromatic heterocycles. The molecule has 0 aromatic rings. The van der Waals surface area contributed by atoms with Crippen molar-refractivity contribution >= 4 is 6.09 Å². The molecule has 0 bridgehead atoms. The van der Waals surface area contributed by atoms with Gasteiger partial charge in [0.1, 0.15) is 0 Å². The van der Waals surface area contributed by atoms with Crippen LogP contribution in [0.4, 0.5) is 4.79 Å². The highest BCUT2D eigenvalue weighted by Gasteiger charge is 2.13. The number of ether oxygens (including phenoxy) is 1. The van der Waals surface area contributed by atoms with E-state index in [9.17, 15) is 4.79 Å². The van der Waals surface area contributed by atoms with E-state index in [1.54, 1.807) is 0 Å². The zero-order valence-corrected chi connectivity index (χ0v) is 9.22. The van der Waals surface area contributed by atoms with Gasteiger partial charge in [-0.1, -0.05) is 0 Å². The van der Waals surface area contributed by atoms with E-state index in [1.807, 2.05) is 20.8 Å². The van der Waals surface area contributed by atoms with Crippen molar-refractivity contribution in [2.24, 2.45) is 0 Å². The largest absolute Gasteiger partial charge is 0.450 e. The number of rotatable bonds is 4. The molecule has 0 aliphatic heterocycles. The van der Waals surface area contributed by atoms with Crippen molar-refractivity contribution in [1.29, 1.82) is 0 Å². The number of hydrogen-bond acceptors (Lipinski definition) is 2. The second-order valence-corrected chi connectivity index (χ2v) is 4.17. The normalized spacial score (nSPS) is 10.4. The molecular weight excluding hydrogens is 178 g/mol. The Morgan fingerprint density at radius 2 is 2.07 bits per heavy atom. The lowest BCUT2D eigenvalue weighted by Crippen LogP contribution is -2.41. The summed E-state index contributed by atoms with van der Waals surface area (Å²) in [6.07, 6.45) is 7.18. The average molecular weight is 197 g/mol. The molecule has 0 saturated carbocycles. The number of nitrogens with one attached hydrogen (secondary N) is 1. The van der Waals surface area contributed by atoms with Gasteiger partial charge in [-0.2, -0.15) is 0 Å². The van der Waals surface area contributed by atoms with Gasteiger partial charge in [-0.15, -0.1) is 12.3 Å². The molecule has 0 unspecified atom stereocenters. The smallest absolute Gasteiger partial charge is 0.407 e. The summed E-state index contributed by atoms with van der Waals surface area (Å²) in [6, 6.07) is 0. The number of carbonyl (C=O) groups is 1. The second kappa shape index (κ2) is 6.31. The molecule has 14 heavy (non-hydrogen) atoms. The summed E-state index contributed by atoms with van der Waals surface area (Å²) < 4.78 is 4.95. The highest BCUT2D eigenvalue weighted by Crippen LogP contribution is 2.00. The average Bonchev–Trinajstić information content (AvgIpc) is 2.00. The van der Waals surface area contributed by atoms with Crippen molar-refractivity contribution in [2.75, 3.05) is 6.61 Å². The summed E-state index contributed by atoms with van der Waals surface area (Å²) in [5, 5.41) is 2.71. The molecule has 3 nitrogen and oxygen atoms in total. The van der Waals surface area contributed by atoms with Gasteiger partial charge in [-0.05, 0) is 33.6 Å². The Hall–Kier alpha value is -1.17. The first-order valence-electron chi connectivity index (χ1n) is 4.84. The Balaban J connectivity index is 3.42. The predicted molar refractivity (Wildman–Crippen MR) is 56.9 cm³/mol. The van der Waals surface area contributed by atoms with Gasteiger partial charge < -0.3 is 10.1 Å². The maximum absolute atomic E-state index is 11.1. The van der Waals surface area contributed by atoms with Crippen LogP contribution < -0.4 is 5.32 Å². The number of hydrogen-bond donors (Lipinski definition) is 1. The molecule has 0 spiro atoms. The monoisotopic (exact) mass is 197 g/mol. The Kier molecular flexibility index (Phi) is 5.78. The molecule has 0 aliphatic rings. The van der Waals surface area contributed by atoms with Crippen LogP contribution in [0.15, 0.2) is 0 Å². The second-order valence-electron chi connectivity index (χ2n) is 4.17. The van der Waals surface area contributed by atoms with Crippen molar-refractivity contribution in [1.82, 2.24) is 5.32 Å². The Bertz CT molecular complexity index is 210. The molecule has 1 amide bonds. The maximum atomic E-state index is 11.1. The van der Waals surface area contributed by atoms with Crippen LogP contribution in [0.1, 0.15) is 40.0 Å². The molecule has 0 atom stereocenters. The van der Waals surface area contributed by atoms with Crippen molar-refractivity contribution in [3.05, 3.63) is 0 Å². The summed E-state index contributed by atoms with van der Waals surface area (Å²) in [4.78, 5) is 11.1. The van der Waals surface area contributed by atoms with Crippen LogP contribution in [-0.2, 0) is 4.74 Å². The number of alkyl carbamates (subject to hydrolysis) is 1. The third kappa shape index (κ3) is 8.92. The SMILES string of the molecule is C#CCCCCOC(=O)NC(C)(C)C. The minimum Gasteiger partial charge on any atom is -0.450 e. The van der Waals surface area contributed by atoms with Crippen LogP contribution in [0.25, 0.3) is 0 Å². The van der Waals surface area contributed by atoms with Gasteiger partial charge in [0, 0.05) is 12.0 Å². The van der Waals surface area contributed by atoms with E-state index in [0.717, 1.165) is 19.3 Å². The van der Waals surface area contributed by atoms with Crippen molar-refractivity contribution in [2.45, 2.75) is 45.6 Å². The van der Waals surface area contributed by atoms with E-state index in [1.165, 1.54) is 0 Å². The molecule has 0 fully saturated rings. The molecule has 0 aromatic carbocycles. The van der Waals surface area contributed by atoms with E-state index >= 15 is 0 Å². The first kappa shape index (κ1) is 12.8. The summed E-state index contributed by atoms with van der Waals surface area (Å²) in [7, 11) is 0. The summed E-state index contributed by atoms with van der Waals surface area (Å²) in [6.45, 7) is 6.16. The molecule has 3 heteroatoms. The fourth-order valence-electron chi connectivity index (χ4n) is 0.836. The van der Waals surface area contributed by atoms with Crippen LogP contribution in [0, 0.1) is 12.3 Å². The predicted octanol–water partition coefficient (Wildman–Crippen LogP) is 2.31. The zero-order valence-electron chi connectivity index (χ0n) is 9.22. The first-order chi connectivity index (χ1) is 6.45. The topological polar surface area (TPSA) is 38.3 Å². The molecule has 0 aliphatic carbocycles. The summed E-state index contributed by atoms with van der Waals surface area (Å²) in [5.74, 6) is 2.54. The van der Waals surface area contributed by atoms with E-state index in [-0.39, 0.29) is 11.6 Å². The van der Waals surface area contributed by atoms with Crippen LogP contribution >= 0.6 is 0 Å². The molecule has 0 saturated heterocycles. The van der Waals surface area contributed by atoms with E-state index in [0.29, 0.717) is 6.61 Å². The number of unbranched alkanes of at least 4 members (excludes halogenated alkanes) is 2. The standard InChI is InChI=1S/C11H19NO2/c1-5-6-7-8-9-14-10(13)12-11(2,3)4/h1H,6-9H2,2-4H3,(H,12,13). The third-order valence-corrected chi connectivity index (χ3v) is 1.43. The molecule has 0 rings (SSSR count). The van der Waals surface area contributed by atoms with E-state index in [4.69, 9.17) is 11.2 Å². The van der Waals surface area contributed by atoms with Gasteiger partial charge in [-0.25, -0.2) is 4.79 Å².